The predicted molar refractivity (Wildman–Crippen MR) is 49.9 cm³/mol. The van der Waals surface area contributed by atoms with Crippen molar-refractivity contribution in [3.8, 4) is 0 Å². The molecule has 0 saturated carbocycles. The first-order valence-corrected chi connectivity index (χ1v) is 4.46. The molecule has 70 valence electrons. The van der Waals surface area contributed by atoms with E-state index >= 15 is 0 Å². The fourth-order valence-electron chi connectivity index (χ4n) is 0.732. The first kappa shape index (κ1) is 11.2. The van der Waals surface area contributed by atoms with Gasteiger partial charge in [-0.15, -0.1) is 6.58 Å². The summed E-state index contributed by atoms with van der Waals surface area (Å²) in [7, 11) is 0. The lowest BCUT2D eigenvalue weighted by Crippen LogP contribution is -2.05. The van der Waals surface area contributed by atoms with Crippen LogP contribution in [-0.2, 0) is 9.53 Å². The topological polar surface area (TPSA) is 26.3 Å². The van der Waals surface area contributed by atoms with Crippen LogP contribution < -0.4 is 0 Å². The van der Waals surface area contributed by atoms with Crippen LogP contribution in [0.3, 0.4) is 0 Å². The van der Waals surface area contributed by atoms with E-state index in [1.54, 1.807) is 0 Å². The highest BCUT2D eigenvalue weighted by molar-refractivity contribution is 5.69. The quantitative estimate of drug-likeness (QED) is 0.452. The standard InChI is InChI=1S/C10H18O2/c1-4-5-6-10(11)12-8-7-9(2)3/h2,4-8H2,1,3H3. The number of hydrogen-bond donors (Lipinski definition) is 0. The van der Waals surface area contributed by atoms with E-state index in [4.69, 9.17) is 4.74 Å². The molecule has 0 rings (SSSR count). The third-order valence-electron chi connectivity index (χ3n) is 1.53. The summed E-state index contributed by atoms with van der Waals surface area (Å²) in [5.41, 5.74) is 1.05. The van der Waals surface area contributed by atoms with E-state index in [1.807, 2.05) is 6.92 Å². The minimum absolute atomic E-state index is 0.0851. The van der Waals surface area contributed by atoms with Crippen LogP contribution in [0, 0.1) is 0 Å². The van der Waals surface area contributed by atoms with Gasteiger partial charge < -0.3 is 4.74 Å². The summed E-state index contributed by atoms with van der Waals surface area (Å²) in [6, 6.07) is 0. The molecule has 0 fully saturated rings. The minimum atomic E-state index is -0.0851. The Morgan fingerprint density at radius 3 is 2.58 bits per heavy atom. The van der Waals surface area contributed by atoms with Crippen LogP contribution in [0.1, 0.15) is 39.5 Å². The lowest BCUT2D eigenvalue weighted by atomic mass is 10.2. The molecular formula is C10H18O2. The molecule has 0 aromatic carbocycles. The van der Waals surface area contributed by atoms with Crippen LogP contribution in [0.25, 0.3) is 0 Å². The summed E-state index contributed by atoms with van der Waals surface area (Å²) in [5, 5.41) is 0. The van der Waals surface area contributed by atoms with Gasteiger partial charge in [-0.25, -0.2) is 0 Å². The van der Waals surface area contributed by atoms with Crippen molar-refractivity contribution >= 4 is 5.97 Å². The lowest BCUT2D eigenvalue weighted by molar-refractivity contribution is -0.143. The molecule has 12 heavy (non-hydrogen) atoms. The van der Waals surface area contributed by atoms with Gasteiger partial charge in [0, 0.05) is 12.8 Å². The smallest absolute Gasteiger partial charge is 0.305 e. The van der Waals surface area contributed by atoms with Crippen LogP contribution in [-0.4, -0.2) is 12.6 Å². The molecule has 0 aliphatic rings. The molecule has 0 aromatic heterocycles. The molecule has 0 radical (unpaired) electrons. The number of carbonyl (C=O) groups is 1. The zero-order chi connectivity index (χ0) is 9.40. The highest BCUT2D eigenvalue weighted by Gasteiger charge is 2.00. The zero-order valence-corrected chi connectivity index (χ0v) is 8.06. The van der Waals surface area contributed by atoms with Crippen molar-refractivity contribution in [2.75, 3.05) is 6.61 Å². The van der Waals surface area contributed by atoms with Gasteiger partial charge in [-0.1, -0.05) is 18.9 Å². The largest absolute Gasteiger partial charge is 0.465 e. The second-order valence-electron chi connectivity index (χ2n) is 3.03. The van der Waals surface area contributed by atoms with Crippen molar-refractivity contribution in [2.45, 2.75) is 39.5 Å². The van der Waals surface area contributed by atoms with Crippen LogP contribution in [0.4, 0.5) is 0 Å². The molecule has 0 saturated heterocycles. The summed E-state index contributed by atoms with van der Waals surface area (Å²) in [4.78, 5) is 10.9. The molecule has 0 amide bonds. The number of ether oxygens (including phenoxy) is 1. The van der Waals surface area contributed by atoms with Gasteiger partial charge in [0.25, 0.3) is 0 Å². The second kappa shape index (κ2) is 6.89. The van der Waals surface area contributed by atoms with Crippen molar-refractivity contribution in [3.05, 3.63) is 12.2 Å². The molecule has 0 heterocycles. The van der Waals surface area contributed by atoms with E-state index in [0.29, 0.717) is 13.0 Å². The summed E-state index contributed by atoms with van der Waals surface area (Å²) < 4.78 is 4.96. The fraction of sp³-hybridized carbons (Fsp3) is 0.700. The van der Waals surface area contributed by atoms with Crippen LogP contribution >= 0.6 is 0 Å². The Hall–Kier alpha value is -0.790. The van der Waals surface area contributed by atoms with E-state index in [1.165, 1.54) is 0 Å². The Morgan fingerprint density at radius 2 is 2.08 bits per heavy atom. The van der Waals surface area contributed by atoms with E-state index in [-0.39, 0.29) is 5.97 Å². The number of unbranched alkanes of at least 4 members (excludes halogenated alkanes) is 1. The van der Waals surface area contributed by atoms with E-state index in [9.17, 15) is 4.79 Å². The van der Waals surface area contributed by atoms with Gasteiger partial charge in [-0.05, 0) is 13.3 Å². The van der Waals surface area contributed by atoms with Crippen molar-refractivity contribution in [1.82, 2.24) is 0 Å². The summed E-state index contributed by atoms with van der Waals surface area (Å²) in [6.07, 6.45) is 3.28. The Labute approximate surface area is 74.6 Å². The first-order valence-electron chi connectivity index (χ1n) is 4.46. The van der Waals surface area contributed by atoms with Gasteiger partial charge in [0.05, 0.1) is 6.61 Å². The van der Waals surface area contributed by atoms with E-state index in [0.717, 1.165) is 24.8 Å². The number of carbonyl (C=O) groups excluding carboxylic acids is 1. The van der Waals surface area contributed by atoms with Crippen molar-refractivity contribution in [1.29, 1.82) is 0 Å². The third kappa shape index (κ3) is 7.32. The second-order valence-corrected chi connectivity index (χ2v) is 3.03. The van der Waals surface area contributed by atoms with Crippen LogP contribution in [0.5, 0.6) is 0 Å². The molecule has 0 aliphatic heterocycles. The lowest BCUT2D eigenvalue weighted by Gasteiger charge is -2.03. The zero-order valence-electron chi connectivity index (χ0n) is 8.06. The Balaban J connectivity index is 3.25. The average molecular weight is 170 g/mol. The molecule has 2 nitrogen and oxygen atoms in total. The average Bonchev–Trinajstić information content (AvgIpc) is 2.00. The molecule has 0 aromatic rings. The van der Waals surface area contributed by atoms with Crippen LogP contribution in [0.2, 0.25) is 0 Å². The van der Waals surface area contributed by atoms with Crippen molar-refractivity contribution in [2.24, 2.45) is 0 Å². The maximum Gasteiger partial charge on any atom is 0.305 e. The molecule has 0 spiro atoms. The van der Waals surface area contributed by atoms with Gasteiger partial charge in [0.2, 0.25) is 0 Å². The summed E-state index contributed by atoms with van der Waals surface area (Å²) in [6.45, 7) is 8.19. The van der Waals surface area contributed by atoms with E-state index in [2.05, 4.69) is 13.5 Å². The minimum Gasteiger partial charge on any atom is -0.465 e. The highest BCUT2D eigenvalue weighted by atomic mass is 16.5. The van der Waals surface area contributed by atoms with Gasteiger partial charge in [-0.2, -0.15) is 0 Å². The SMILES string of the molecule is C=C(C)CCOC(=O)CCCC. The fourth-order valence-corrected chi connectivity index (χ4v) is 0.732. The summed E-state index contributed by atoms with van der Waals surface area (Å²) in [5.74, 6) is -0.0851. The molecule has 0 aliphatic carbocycles. The van der Waals surface area contributed by atoms with Gasteiger partial charge >= 0.3 is 5.97 Å². The number of rotatable bonds is 6. The first-order chi connectivity index (χ1) is 5.66. The van der Waals surface area contributed by atoms with E-state index < -0.39 is 0 Å². The van der Waals surface area contributed by atoms with Crippen molar-refractivity contribution < 1.29 is 9.53 Å². The maximum absolute atomic E-state index is 10.9. The summed E-state index contributed by atoms with van der Waals surface area (Å²) >= 11 is 0. The predicted octanol–water partition coefficient (Wildman–Crippen LogP) is 2.69. The molecule has 2 heteroatoms. The van der Waals surface area contributed by atoms with Gasteiger partial charge in [0.1, 0.15) is 0 Å². The number of esters is 1. The van der Waals surface area contributed by atoms with Crippen LogP contribution in [0.15, 0.2) is 12.2 Å². The van der Waals surface area contributed by atoms with Gasteiger partial charge in [0.15, 0.2) is 0 Å². The third-order valence-corrected chi connectivity index (χ3v) is 1.53. The Morgan fingerprint density at radius 1 is 1.42 bits per heavy atom. The number of hydrogen-bond acceptors (Lipinski definition) is 2. The molecular weight excluding hydrogens is 152 g/mol. The Bertz CT molecular complexity index is 150. The molecule has 0 unspecified atom stereocenters. The molecule has 0 bridgehead atoms. The maximum atomic E-state index is 10.9. The normalized spacial score (nSPS) is 9.50. The Kier molecular flexibility index (Phi) is 6.44. The van der Waals surface area contributed by atoms with Crippen molar-refractivity contribution in [3.63, 3.8) is 0 Å². The molecule has 0 atom stereocenters. The highest BCUT2D eigenvalue weighted by Crippen LogP contribution is 1.99. The molecule has 0 N–H and O–H groups in total. The monoisotopic (exact) mass is 170 g/mol. The van der Waals surface area contributed by atoms with Gasteiger partial charge in [-0.3, -0.25) is 4.79 Å².